The molecule has 0 bridgehead atoms. The Hall–Kier alpha value is -1.23. The second-order valence-electron chi connectivity index (χ2n) is 4.46. The fraction of sp³-hybridized carbons (Fsp3) is 0.455. The minimum atomic E-state index is 0.113. The summed E-state index contributed by atoms with van der Waals surface area (Å²) in [4.78, 5) is 8.27. The molecule has 0 spiro atoms. The Morgan fingerprint density at radius 1 is 1.44 bits per heavy atom. The van der Waals surface area contributed by atoms with Gasteiger partial charge in [0.15, 0.2) is 5.96 Å². The van der Waals surface area contributed by atoms with Gasteiger partial charge in [-0.2, -0.15) is 0 Å². The summed E-state index contributed by atoms with van der Waals surface area (Å²) >= 11 is 1.73. The molecule has 0 aliphatic heterocycles. The summed E-state index contributed by atoms with van der Waals surface area (Å²) in [5.41, 5.74) is 11.6. The summed E-state index contributed by atoms with van der Waals surface area (Å²) in [7, 11) is 0. The number of thioether (sulfide) groups is 1. The highest BCUT2D eigenvalue weighted by Gasteiger charge is 2.12. The van der Waals surface area contributed by atoms with E-state index in [0.717, 1.165) is 10.6 Å². The van der Waals surface area contributed by atoms with Crippen LogP contribution in [0.15, 0.2) is 28.3 Å². The van der Waals surface area contributed by atoms with Crippen LogP contribution < -0.4 is 11.5 Å². The highest BCUT2D eigenvalue weighted by atomic mass is 32.2. The molecule has 0 saturated heterocycles. The second-order valence-corrected chi connectivity index (χ2v) is 6.31. The molecule has 0 aromatic carbocycles. The number of rotatable bonds is 3. The van der Waals surface area contributed by atoms with Crippen molar-refractivity contribution in [2.75, 3.05) is 0 Å². The van der Waals surface area contributed by atoms with E-state index in [4.69, 9.17) is 11.5 Å². The molecule has 0 aliphatic rings. The Morgan fingerprint density at radius 2 is 2.12 bits per heavy atom. The van der Waals surface area contributed by atoms with E-state index in [9.17, 15) is 0 Å². The lowest BCUT2D eigenvalue weighted by Crippen LogP contribution is -2.22. The van der Waals surface area contributed by atoms with Crippen LogP contribution in [0.4, 0.5) is 0 Å². The zero-order valence-corrected chi connectivity index (χ0v) is 10.7. The summed E-state index contributed by atoms with van der Waals surface area (Å²) in [6.07, 6.45) is 1.78. The molecular formula is C11H18N4S. The molecule has 0 atom stereocenters. The summed E-state index contributed by atoms with van der Waals surface area (Å²) < 4.78 is 0.155. The summed E-state index contributed by atoms with van der Waals surface area (Å²) in [6, 6.07) is 3.93. The monoisotopic (exact) mass is 238 g/mol. The number of pyridine rings is 1. The van der Waals surface area contributed by atoms with Crippen LogP contribution in [0.25, 0.3) is 0 Å². The molecule has 0 unspecified atom stereocenters. The Labute approximate surface area is 101 Å². The van der Waals surface area contributed by atoms with E-state index in [0.29, 0.717) is 6.54 Å². The zero-order chi connectivity index (χ0) is 12.2. The third kappa shape index (κ3) is 5.02. The van der Waals surface area contributed by atoms with Gasteiger partial charge in [-0.1, -0.05) is 20.8 Å². The predicted octanol–water partition coefficient (Wildman–Crippen LogP) is 1.75. The van der Waals surface area contributed by atoms with Gasteiger partial charge in [-0.05, 0) is 17.7 Å². The van der Waals surface area contributed by atoms with Crippen LogP contribution in [0.5, 0.6) is 0 Å². The maximum atomic E-state index is 5.29. The van der Waals surface area contributed by atoms with E-state index < -0.39 is 0 Å². The van der Waals surface area contributed by atoms with E-state index in [-0.39, 0.29) is 10.7 Å². The van der Waals surface area contributed by atoms with Crippen molar-refractivity contribution < 1.29 is 0 Å². The molecule has 16 heavy (non-hydrogen) atoms. The first-order valence-corrected chi connectivity index (χ1v) is 5.88. The van der Waals surface area contributed by atoms with Crippen LogP contribution in [0.1, 0.15) is 26.3 Å². The number of hydrogen-bond acceptors (Lipinski definition) is 3. The predicted molar refractivity (Wildman–Crippen MR) is 69.4 cm³/mol. The lowest BCUT2D eigenvalue weighted by atomic mass is 10.3. The van der Waals surface area contributed by atoms with Crippen molar-refractivity contribution in [2.24, 2.45) is 16.5 Å². The molecule has 4 N–H and O–H groups in total. The standard InChI is InChI=1S/C11H18N4S/c1-11(2,3)16-9-6-8(4-5-14-9)7-15-10(12)13/h4-6H,7H2,1-3H3,(H4,12,13,15). The molecule has 0 radical (unpaired) electrons. The van der Waals surface area contributed by atoms with Crippen molar-refractivity contribution in [3.05, 3.63) is 23.9 Å². The number of guanidine groups is 1. The first kappa shape index (κ1) is 12.8. The fourth-order valence-electron chi connectivity index (χ4n) is 1.10. The summed E-state index contributed by atoms with van der Waals surface area (Å²) in [5.74, 6) is 0.113. The fourth-order valence-corrected chi connectivity index (χ4v) is 2.05. The van der Waals surface area contributed by atoms with E-state index in [1.807, 2.05) is 12.1 Å². The van der Waals surface area contributed by atoms with Crippen LogP contribution in [0, 0.1) is 0 Å². The molecule has 5 heteroatoms. The van der Waals surface area contributed by atoms with E-state index in [1.165, 1.54) is 0 Å². The van der Waals surface area contributed by atoms with E-state index in [2.05, 4.69) is 30.7 Å². The molecule has 0 saturated carbocycles. The molecule has 4 nitrogen and oxygen atoms in total. The maximum absolute atomic E-state index is 5.29. The van der Waals surface area contributed by atoms with Crippen LogP contribution in [-0.4, -0.2) is 15.7 Å². The van der Waals surface area contributed by atoms with E-state index in [1.54, 1.807) is 18.0 Å². The van der Waals surface area contributed by atoms with Gasteiger partial charge in [-0.3, -0.25) is 0 Å². The Kier molecular flexibility index (Phi) is 4.18. The maximum Gasteiger partial charge on any atom is 0.186 e. The first-order valence-electron chi connectivity index (χ1n) is 5.06. The zero-order valence-electron chi connectivity index (χ0n) is 9.90. The Bertz CT molecular complexity index is 378. The molecule has 1 heterocycles. The SMILES string of the molecule is CC(C)(C)Sc1cc(CN=C(N)N)ccn1. The molecule has 0 amide bonds. The van der Waals surface area contributed by atoms with Crippen molar-refractivity contribution in [1.29, 1.82) is 0 Å². The summed E-state index contributed by atoms with van der Waals surface area (Å²) in [6.45, 7) is 6.97. The van der Waals surface area contributed by atoms with E-state index >= 15 is 0 Å². The topological polar surface area (TPSA) is 77.3 Å². The van der Waals surface area contributed by atoms with Gasteiger partial charge in [0.05, 0.1) is 11.6 Å². The number of nitrogens with two attached hydrogens (primary N) is 2. The highest BCUT2D eigenvalue weighted by Crippen LogP contribution is 2.30. The highest BCUT2D eigenvalue weighted by molar-refractivity contribution is 8.00. The van der Waals surface area contributed by atoms with Crippen LogP contribution >= 0.6 is 11.8 Å². The molecule has 88 valence electrons. The Morgan fingerprint density at radius 3 is 2.69 bits per heavy atom. The van der Waals surface area contributed by atoms with Gasteiger partial charge in [-0.15, -0.1) is 11.8 Å². The minimum absolute atomic E-state index is 0.113. The number of aliphatic imine (C=N–C) groups is 1. The van der Waals surface area contributed by atoms with Gasteiger partial charge < -0.3 is 11.5 Å². The molecular weight excluding hydrogens is 220 g/mol. The van der Waals surface area contributed by atoms with Crippen molar-refractivity contribution in [2.45, 2.75) is 37.1 Å². The molecule has 1 aromatic heterocycles. The minimum Gasteiger partial charge on any atom is -0.370 e. The van der Waals surface area contributed by atoms with Crippen molar-refractivity contribution in [1.82, 2.24) is 4.98 Å². The average molecular weight is 238 g/mol. The van der Waals surface area contributed by atoms with Gasteiger partial charge in [0.25, 0.3) is 0 Å². The largest absolute Gasteiger partial charge is 0.370 e. The van der Waals surface area contributed by atoms with Gasteiger partial charge in [0.1, 0.15) is 0 Å². The van der Waals surface area contributed by atoms with Crippen molar-refractivity contribution >= 4 is 17.7 Å². The first-order chi connectivity index (χ1) is 7.37. The number of nitrogens with zero attached hydrogens (tertiary/aromatic N) is 2. The van der Waals surface area contributed by atoms with Gasteiger partial charge in [0, 0.05) is 10.9 Å². The van der Waals surface area contributed by atoms with Gasteiger partial charge >= 0.3 is 0 Å². The van der Waals surface area contributed by atoms with Gasteiger partial charge in [-0.25, -0.2) is 9.98 Å². The lowest BCUT2D eigenvalue weighted by molar-refractivity contribution is 0.798. The molecule has 1 aromatic rings. The third-order valence-electron chi connectivity index (χ3n) is 1.65. The van der Waals surface area contributed by atoms with Crippen LogP contribution in [-0.2, 0) is 6.54 Å². The average Bonchev–Trinajstić information content (AvgIpc) is 2.12. The van der Waals surface area contributed by atoms with Crippen LogP contribution in [0.3, 0.4) is 0 Å². The molecule has 0 aliphatic carbocycles. The third-order valence-corrected chi connectivity index (χ3v) is 2.70. The quantitative estimate of drug-likeness (QED) is 0.478. The van der Waals surface area contributed by atoms with Crippen LogP contribution in [0.2, 0.25) is 0 Å². The number of aromatic nitrogens is 1. The molecule has 0 fully saturated rings. The lowest BCUT2D eigenvalue weighted by Gasteiger charge is -2.16. The molecule has 1 rings (SSSR count). The second kappa shape index (κ2) is 5.21. The number of hydrogen-bond donors (Lipinski definition) is 2. The van der Waals surface area contributed by atoms with Crippen molar-refractivity contribution in [3.8, 4) is 0 Å². The Balaban J connectivity index is 2.75. The normalized spacial score (nSPS) is 11.2. The smallest absolute Gasteiger partial charge is 0.186 e. The van der Waals surface area contributed by atoms with Gasteiger partial charge in [0.2, 0.25) is 0 Å². The summed E-state index contributed by atoms with van der Waals surface area (Å²) in [5, 5.41) is 0.996. The van der Waals surface area contributed by atoms with Crippen molar-refractivity contribution in [3.63, 3.8) is 0 Å².